The smallest absolute Gasteiger partial charge is 0.170 e. The highest BCUT2D eigenvalue weighted by atomic mass is 16.1. The molecule has 13 heavy (non-hydrogen) atoms. The van der Waals surface area contributed by atoms with Crippen molar-refractivity contribution >= 4 is 6.29 Å². The molecular weight excluding hydrogens is 168 g/mol. The van der Waals surface area contributed by atoms with Crippen LogP contribution in [-0.2, 0) is 7.05 Å². The molecule has 0 aliphatic heterocycles. The first-order valence-corrected chi connectivity index (χ1v) is 3.78. The van der Waals surface area contributed by atoms with E-state index in [9.17, 15) is 4.79 Å². The zero-order valence-electron chi connectivity index (χ0n) is 7.06. The molecule has 5 nitrogen and oxygen atoms in total. The quantitative estimate of drug-likeness (QED) is 0.682. The SMILES string of the molecule is Cn1cnc(-c2nc(C=O)c[nH]2)c1. The summed E-state index contributed by atoms with van der Waals surface area (Å²) in [5.74, 6) is 0.614. The molecule has 0 aliphatic carbocycles. The van der Waals surface area contributed by atoms with Crippen LogP contribution >= 0.6 is 0 Å². The molecule has 0 fully saturated rings. The fourth-order valence-electron chi connectivity index (χ4n) is 1.06. The number of nitrogens with zero attached hydrogens (tertiary/aromatic N) is 3. The number of hydrogen-bond acceptors (Lipinski definition) is 3. The molecule has 2 aromatic rings. The van der Waals surface area contributed by atoms with Gasteiger partial charge in [0.2, 0.25) is 0 Å². The van der Waals surface area contributed by atoms with Crippen LogP contribution < -0.4 is 0 Å². The van der Waals surface area contributed by atoms with Crippen LogP contribution in [0.25, 0.3) is 11.5 Å². The van der Waals surface area contributed by atoms with E-state index in [4.69, 9.17) is 0 Å². The number of H-pyrrole nitrogens is 1. The van der Waals surface area contributed by atoms with Crippen LogP contribution in [0, 0.1) is 0 Å². The Labute approximate surface area is 74.4 Å². The van der Waals surface area contributed by atoms with Crippen LogP contribution in [-0.4, -0.2) is 25.8 Å². The molecule has 1 N–H and O–H groups in total. The van der Waals surface area contributed by atoms with Crippen molar-refractivity contribution in [3.8, 4) is 11.5 Å². The Bertz CT molecular complexity index is 429. The lowest BCUT2D eigenvalue weighted by Gasteiger charge is -1.86. The minimum Gasteiger partial charge on any atom is -0.343 e. The highest BCUT2D eigenvalue weighted by molar-refractivity contribution is 5.72. The molecule has 0 unspecified atom stereocenters. The number of aromatic amines is 1. The highest BCUT2D eigenvalue weighted by Gasteiger charge is 2.04. The first kappa shape index (κ1) is 7.72. The van der Waals surface area contributed by atoms with Crippen molar-refractivity contribution in [2.75, 3.05) is 0 Å². The summed E-state index contributed by atoms with van der Waals surface area (Å²) in [4.78, 5) is 21.3. The Balaban J connectivity index is 2.40. The van der Waals surface area contributed by atoms with Gasteiger partial charge in [-0.2, -0.15) is 0 Å². The first-order valence-electron chi connectivity index (χ1n) is 3.78. The standard InChI is InChI=1S/C8H8N4O/c1-12-3-7(10-5-12)8-9-2-6(4-13)11-8/h2-5H,1H3,(H,9,11). The predicted octanol–water partition coefficient (Wildman–Crippen LogP) is 0.623. The Hall–Kier alpha value is -1.91. The van der Waals surface area contributed by atoms with E-state index < -0.39 is 0 Å². The van der Waals surface area contributed by atoms with Gasteiger partial charge in [-0.1, -0.05) is 0 Å². The van der Waals surface area contributed by atoms with Gasteiger partial charge < -0.3 is 9.55 Å². The molecule has 2 rings (SSSR count). The van der Waals surface area contributed by atoms with Gasteiger partial charge in [0.15, 0.2) is 12.1 Å². The predicted molar refractivity (Wildman–Crippen MR) is 46.2 cm³/mol. The molecule has 0 atom stereocenters. The monoisotopic (exact) mass is 176 g/mol. The number of aromatic nitrogens is 4. The van der Waals surface area contributed by atoms with Crippen molar-refractivity contribution < 1.29 is 4.79 Å². The van der Waals surface area contributed by atoms with Gasteiger partial charge in [-0.15, -0.1) is 0 Å². The molecule has 2 aromatic heterocycles. The summed E-state index contributed by atoms with van der Waals surface area (Å²) >= 11 is 0. The lowest BCUT2D eigenvalue weighted by atomic mass is 10.4. The number of hydrogen-bond donors (Lipinski definition) is 1. The summed E-state index contributed by atoms with van der Waals surface area (Å²) in [5, 5.41) is 0. The van der Waals surface area contributed by atoms with Gasteiger partial charge in [-0.3, -0.25) is 4.79 Å². The second-order valence-electron chi connectivity index (χ2n) is 2.72. The van der Waals surface area contributed by atoms with Crippen molar-refractivity contribution in [3.63, 3.8) is 0 Å². The Morgan fingerprint density at radius 3 is 3.00 bits per heavy atom. The van der Waals surface area contributed by atoms with Crippen molar-refractivity contribution in [2.24, 2.45) is 7.05 Å². The molecular formula is C8H8N4O. The fourth-order valence-corrected chi connectivity index (χ4v) is 1.06. The van der Waals surface area contributed by atoms with E-state index in [0.717, 1.165) is 5.69 Å². The van der Waals surface area contributed by atoms with Gasteiger partial charge in [0.1, 0.15) is 11.4 Å². The summed E-state index contributed by atoms with van der Waals surface area (Å²) in [6.45, 7) is 0. The molecule has 0 aromatic carbocycles. The molecule has 0 radical (unpaired) electrons. The Kier molecular flexibility index (Phi) is 1.70. The lowest BCUT2D eigenvalue weighted by molar-refractivity contribution is 0.111. The molecule has 0 amide bonds. The first-order chi connectivity index (χ1) is 6.29. The lowest BCUT2D eigenvalue weighted by Crippen LogP contribution is -1.82. The highest BCUT2D eigenvalue weighted by Crippen LogP contribution is 2.10. The molecule has 0 spiro atoms. The van der Waals surface area contributed by atoms with Gasteiger partial charge in [0.25, 0.3) is 0 Å². The number of nitrogens with one attached hydrogen (secondary N) is 1. The number of carbonyl (C=O) groups excluding carboxylic acids is 1. The maximum atomic E-state index is 10.3. The number of rotatable bonds is 2. The molecule has 66 valence electrons. The topological polar surface area (TPSA) is 63.6 Å². The molecule has 5 heteroatoms. The van der Waals surface area contributed by atoms with Crippen LogP contribution in [0.4, 0.5) is 0 Å². The van der Waals surface area contributed by atoms with Gasteiger partial charge in [0, 0.05) is 19.4 Å². The Morgan fingerprint density at radius 1 is 1.62 bits per heavy atom. The minimum absolute atomic E-state index is 0.389. The zero-order valence-corrected chi connectivity index (χ0v) is 7.06. The summed E-state index contributed by atoms with van der Waals surface area (Å²) in [5.41, 5.74) is 1.12. The maximum absolute atomic E-state index is 10.3. The van der Waals surface area contributed by atoms with E-state index >= 15 is 0 Å². The number of carbonyl (C=O) groups is 1. The number of imidazole rings is 2. The summed E-state index contributed by atoms with van der Waals surface area (Å²) in [6.07, 6.45) is 5.76. The Morgan fingerprint density at radius 2 is 2.46 bits per heavy atom. The summed E-state index contributed by atoms with van der Waals surface area (Å²) in [7, 11) is 1.88. The van der Waals surface area contributed by atoms with Crippen molar-refractivity contribution in [1.29, 1.82) is 0 Å². The van der Waals surface area contributed by atoms with E-state index in [1.54, 1.807) is 12.5 Å². The zero-order chi connectivity index (χ0) is 9.26. The van der Waals surface area contributed by atoms with E-state index in [1.807, 2.05) is 17.8 Å². The van der Waals surface area contributed by atoms with Gasteiger partial charge >= 0.3 is 0 Å². The third-order valence-electron chi connectivity index (χ3n) is 1.67. The summed E-state index contributed by atoms with van der Waals surface area (Å²) < 4.78 is 1.82. The van der Waals surface area contributed by atoms with Crippen LogP contribution in [0.3, 0.4) is 0 Å². The number of aldehydes is 1. The molecule has 0 bridgehead atoms. The molecule has 0 saturated carbocycles. The molecule has 0 saturated heterocycles. The van der Waals surface area contributed by atoms with Crippen LogP contribution in [0.15, 0.2) is 18.7 Å². The van der Waals surface area contributed by atoms with E-state index in [-0.39, 0.29) is 0 Å². The van der Waals surface area contributed by atoms with E-state index in [0.29, 0.717) is 17.8 Å². The van der Waals surface area contributed by atoms with Crippen LogP contribution in [0.2, 0.25) is 0 Å². The average Bonchev–Trinajstić information content (AvgIpc) is 2.71. The number of aryl methyl sites for hydroxylation is 1. The molecule has 0 aliphatic rings. The fraction of sp³-hybridized carbons (Fsp3) is 0.125. The van der Waals surface area contributed by atoms with E-state index in [1.165, 1.54) is 0 Å². The largest absolute Gasteiger partial charge is 0.343 e. The normalized spacial score (nSPS) is 10.2. The minimum atomic E-state index is 0.389. The third kappa shape index (κ3) is 1.35. The van der Waals surface area contributed by atoms with Crippen molar-refractivity contribution in [3.05, 3.63) is 24.4 Å². The second kappa shape index (κ2) is 2.85. The van der Waals surface area contributed by atoms with Gasteiger partial charge in [-0.05, 0) is 0 Å². The summed E-state index contributed by atoms with van der Waals surface area (Å²) in [6, 6.07) is 0. The van der Waals surface area contributed by atoms with Crippen LogP contribution in [0.5, 0.6) is 0 Å². The van der Waals surface area contributed by atoms with Gasteiger partial charge in [0.05, 0.1) is 6.33 Å². The van der Waals surface area contributed by atoms with E-state index in [2.05, 4.69) is 15.0 Å². The molecule has 2 heterocycles. The van der Waals surface area contributed by atoms with Gasteiger partial charge in [-0.25, -0.2) is 9.97 Å². The second-order valence-corrected chi connectivity index (χ2v) is 2.72. The van der Waals surface area contributed by atoms with Crippen LogP contribution in [0.1, 0.15) is 10.5 Å². The van der Waals surface area contributed by atoms with Crippen molar-refractivity contribution in [2.45, 2.75) is 0 Å². The third-order valence-corrected chi connectivity index (χ3v) is 1.67. The van der Waals surface area contributed by atoms with Crippen molar-refractivity contribution in [1.82, 2.24) is 19.5 Å². The maximum Gasteiger partial charge on any atom is 0.170 e. The average molecular weight is 176 g/mol.